The highest BCUT2D eigenvalue weighted by atomic mass is 35.5. The predicted molar refractivity (Wildman–Crippen MR) is 143 cm³/mol. The molecule has 6 heteroatoms. The first-order chi connectivity index (χ1) is 17.3. The average molecular weight is 528 g/mol. The number of hydrogen-bond acceptors (Lipinski definition) is 1. The Morgan fingerprint density at radius 1 is 0.861 bits per heavy atom. The molecule has 1 saturated heterocycles. The molecule has 0 bridgehead atoms. The minimum atomic E-state index is -4.10. The van der Waals surface area contributed by atoms with Gasteiger partial charge in [-0.3, -0.25) is 4.90 Å². The number of hydrogen-bond donors (Lipinski definition) is 0. The number of fused-ring (bicyclic) bond motifs is 1. The highest BCUT2D eigenvalue weighted by Gasteiger charge is 2.30. The molecular weight excluding hydrogens is 502 g/mol. The number of benzene rings is 3. The fourth-order valence-corrected chi connectivity index (χ4v) is 5.63. The Bertz CT molecular complexity index is 1310. The molecule has 0 atom stereocenters. The van der Waals surface area contributed by atoms with Gasteiger partial charge in [0, 0.05) is 29.7 Å². The van der Waals surface area contributed by atoms with Crippen LogP contribution in [0.15, 0.2) is 72.3 Å². The van der Waals surface area contributed by atoms with E-state index < -0.39 is 12.6 Å². The molecular formula is C30H26Cl2F3N. The second kappa shape index (κ2) is 10.5. The summed E-state index contributed by atoms with van der Waals surface area (Å²) in [6, 6.07) is 22.7. The van der Waals surface area contributed by atoms with Crippen LogP contribution in [0.1, 0.15) is 47.1 Å². The van der Waals surface area contributed by atoms with Gasteiger partial charge >= 0.3 is 6.18 Å². The van der Waals surface area contributed by atoms with Crippen LogP contribution < -0.4 is 0 Å². The minimum Gasteiger partial charge on any atom is -0.295 e. The van der Waals surface area contributed by atoms with Gasteiger partial charge in [0.05, 0.1) is 6.42 Å². The van der Waals surface area contributed by atoms with Gasteiger partial charge in [-0.05, 0) is 75.9 Å². The molecule has 3 aromatic rings. The Balaban J connectivity index is 1.45. The van der Waals surface area contributed by atoms with Crippen LogP contribution in [0.2, 0.25) is 10.0 Å². The van der Waals surface area contributed by atoms with E-state index in [0.717, 1.165) is 41.5 Å². The van der Waals surface area contributed by atoms with Crippen molar-refractivity contribution >= 4 is 40.4 Å². The molecule has 0 radical (unpaired) electrons. The monoisotopic (exact) mass is 527 g/mol. The highest BCUT2D eigenvalue weighted by molar-refractivity contribution is 6.36. The van der Waals surface area contributed by atoms with Gasteiger partial charge in [-0.15, -0.1) is 0 Å². The van der Waals surface area contributed by atoms with E-state index in [0.29, 0.717) is 23.1 Å². The molecule has 1 aliphatic heterocycles. The van der Waals surface area contributed by atoms with Gasteiger partial charge in [-0.1, -0.05) is 83.9 Å². The van der Waals surface area contributed by atoms with E-state index in [9.17, 15) is 13.2 Å². The Kier molecular flexibility index (Phi) is 7.30. The first-order valence-corrected chi connectivity index (χ1v) is 12.9. The van der Waals surface area contributed by atoms with E-state index in [4.69, 9.17) is 23.2 Å². The summed E-state index contributed by atoms with van der Waals surface area (Å²) in [5.41, 5.74) is 9.28. The summed E-state index contributed by atoms with van der Waals surface area (Å²) in [7, 11) is 0. The molecule has 0 unspecified atom stereocenters. The zero-order valence-corrected chi connectivity index (χ0v) is 21.2. The summed E-state index contributed by atoms with van der Waals surface area (Å²) >= 11 is 12.9. The molecule has 3 aromatic carbocycles. The normalized spacial score (nSPS) is 16.4. The maximum absolute atomic E-state index is 12.4. The van der Waals surface area contributed by atoms with Crippen molar-refractivity contribution in [2.45, 2.75) is 31.9 Å². The van der Waals surface area contributed by atoms with E-state index in [1.165, 1.54) is 22.3 Å². The molecule has 1 heterocycles. The molecule has 0 N–H and O–H groups in total. The lowest BCUT2D eigenvalue weighted by atomic mass is 9.87. The topological polar surface area (TPSA) is 3.24 Å². The van der Waals surface area contributed by atoms with Crippen molar-refractivity contribution in [1.29, 1.82) is 0 Å². The van der Waals surface area contributed by atoms with Gasteiger partial charge in [0.15, 0.2) is 0 Å². The van der Waals surface area contributed by atoms with E-state index in [-0.39, 0.29) is 6.54 Å². The largest absolute Gasteiger partial charge is 0.390 e. The minimum absolute atomic E-state index is 0.0589. The van der Waals surface area contributed by atoms with Crippen LogP contribution in [0.4, 0.5) is 13.2 Å². The van der Waals surface area contributed by atoms with Crippen molar-refractivity contribution < 1.29 is 13.2 Å². The molecule has 0 spiro atoms. The van der Waals surface area contributed by atoms with Crippen molar-refractivity contribution in [2.24, 2.45) is 0 Å². The lowest BCUT2D eigenvalue weighted by molar-refractivity contribution is -0.138. The smallest absolute Gasteiger partial charge is 0.295 e. The number of likely N-dealkylation sites (tertiary alicyclic amines) is 1. The van der Waals surface area contributed by atoms with Crippen LogP contribution in [0.25, 0.3) is 17.2 Å². The lowest BCUT2D eigenvalue weighted by Crippen LogP contribution is -2.41. The molecule has 1 aliphatic carbocycles. The number of nitrogens with zero attached hydrogens (tertiary/aromatic N) is 1. The third-order valence-corrected chi connectivity index (χ3v) is 7.40. The Hall–Kier alpha value is -2.53. The maximum Gasteiger partial charge on any atom is 0.390 e. The van der Waals surface area contributed by atoms with E-state index in [2.05, 4.69) is 54.6 Å². The second-order valence-corrected chi connectivity index (χ2v) is 10.3. The van der Waals surface area contributed by atoms with Gasteiger partial charge in [0.2, 0.25) is 0 Å². The summed E-state index contributed by atoms with van der Waals surface area (Å²) in [6.45, 7) is 1.24. The zero-order chi connectivity index (χ0) is 25.3. The summed E-state index contributed by atoms with van der Waals surface area (Å²) in [5.74, 6) is 0. The highest BCUT2D eigenvalue weighted by Crippen LogP contribution is 2.42. The molecule has 0 aromatic heterocycles. The first-order valence-electron chi connectivity index (χ1n) is 12.1. The van der Waals surface area contributed by atoms with Crippen LogP contribution in [0.3, 0.4) is 0 Å². The lowest BCUT2D eigenvalue weighted by Gasteiger charge is -2.34. The zero-order valence-electron chi connectivity index (χ0n) is 19.7. The van der Waals surface area contributed by atoms with Crippen LogP contribution in [-0.4, -0.2) is 30.7 Å². The SMILES string of the molecule is FC(F)(F)CCN1CC(=Cc2ccc(C3=C(c4ccc(Cl)cc4Cl)CCCc4ccccc43)cc2)C1. The molecule has 0 amide bonds. The number of halogens is 5. The summed E-state index contributed by atoms with van der Waals surface area (Å²) in [4.78, 5) is 1.82. The van der Waals surface area contributed by atoms with E-state index in [1.807, 2.05) is 17.0 Å². The van der Waals surface area contributed by atoms with Gasteiger partial charge in [0.25, 0.3) is 0 Å². The number of allylic oxidation sites excluding steroid dienone is 1. The van der Waals surface area contributed by atoms with Gasteiger partial charge in [0.1, 0.15) is 0 Å². The van der Waals surface area contributed by atoms with Crippen LogP contribution >= 0.6 is 23.2 Å². The summed E-state index contributed by atoms with van der Waals surface area (Å²) in [6.07, 6.45) is 0.166. The van der Waals surface area contributed by atoms with Gasteiger partial charge < -0.3 is 0 Å². The Labute approximate surface area is 219 Å². The van der Waals surface area contributed by atoms with Crippen molar-refractivity contribution in [3.05, 3.63) is 110 Å². The van der Waals surface area contributed by atoms with E-state index >= 15 is 0 Å². The average Bonchev–Trinajstić information content (AvgIpc) is 3.00. The third-order valence-electron chi connectivity index (χ3n) is 6.85. The van der Waals surface area contributed by atoms with Gasteiger partial charge in [-0.25, -0.2) is 0 Å². The predicted octanol–water partition coefficient (Wildman–Crippen LogP) is 8.94. The van der Waals surface area contributed by atoms with Gasteiger partial charge in [-0.2, -0.15) is 13.2 Å². The van der Waals surface area contributed by atoms with E-state index in [1.54, 1.807) is 6.07 Å². The third kappa shape index (κ3) is 5.72. The van der Waals surface area contributed by atoms with Crippen LogP contribution in [0.5, 0.6) is 0 Å². The molecule has 36 heavy (non-hydrogen) atoms. The molecule has 2 aliphatic rings. The second-order valence-electron chi connectivity index (χ2n) is 9.49. The molecule has 1 nitrogen and oxygen atoms in total. The summed E-state index contributed by atoms with van der Waals surface area (Å²) in [5, 5.41) is 1.26. The van der Waals surface area contributed by atoms with Crippen molar-refractivity contribution in [2.75, 3.05) is 19.6 Å². The Morgan fingerprint density at radius 2 is 1.61 bits per heavy atom. The van der Waals surface area contributed by atoms with Crippen molar-refractivity contribution in [3.8, 4) is 0 Å². The standard InChI is InChI=1S/C30H26Cl2F3N/c31-24-12-13-26(28(32)17-24)27-7-3-5-22-4-1-2-6-25(22)29(27)23-10-8-20(9-11-23)16-21-18-36(19-21)15-14-30(33,34)35/h1-2,4,6,8-13,16-17H,3,5,7,14-15,18-19H2. The summed E-state index contributed by atoms with van der Waals surface area (Å²) < 4.78 is 37.3. The van der Waals surface area contributed by atoms with Crippen LogP contribution in [0, 0.1) is 0 Å². The quantitative estimate of drug-likeness (QED) is 0.320. The number of aryl methyl sites for hydroxylation is 1. The molecule has 1 fully saturated rings. The number of alkyl halides is 3. The number of rotatable bonds is 5. The molecule has 186 valence electrons. The van der Waals surface area contributed by atoms with Crippen molar-refractivity contribution in [3.63, 3.8) is 0 Å². The molecule has 0 saturated carbocycles. The van der Waals surface area contributed by atoms with Crippen LogP contribution in [-0.2, 0) is 6.42 Å². The van der Waals surface area contributed by atoms with Crippen molar-refractivity contribution in [1.82, 2.24) is 4.90 Å². The maximum atomic E-state index is 12.4. The fraction of sp³-hybridized carbons (Fsp3) is 0.267. The molecule has 5 rings (SSSR count). The first kappa shape index (κ1) is 25.1. The Morgan fingerprint density at radius 3 is 2.33 bits per heavy atom. The fourth-order valence-electron chi connectivity index (χ4n) is 5.10.